The zero-order valence-corrected chi connectivity index (χ0v) is 22.6. The summed E-state index contributed by atoms with van der Waals surface area (Å²) in [6.45, 7) is 5.62. The number of hydrogen-bond acceptors (Lipinski definition) is 3. The molecule has 0 saturated carbocycles. The van der Waals surface area contributed by atoms with Gasteiger partial charge in [-0.05, 0) is 84.3 Å². The summed E-state index contributed by atoms with van der Waals surface area (Å²) in [5.74, 6) is 0.212. The highest BCUT2D eigenvalue weighted by atomic mass is 15.1. The minimum absolute atomic E-state index is 0.212. The molecule has 0 atom stereocenters. The third-order valence-electron chi connectivity index (χ3n) is 8.33. The Labute approximate surface area is 228 Å². The first kappa shape index (κ1) is 24.6. The molecule has 0 aromatic heterocycles. The van der Waals surface area contributed by atoms with Gasteiger partial charge in [0.2, 0.25) is 0 Å². The van der Waals surface area contributed by atoms with E-state index in [4.69, 9.17) is 0 Å². The molecule has 2 fully saturated rings. The third-order valence-corrected chi connectivity index (χ3v) is 8.33. The van der Waals surface area contributed by atoms with Crippen molar-refractivity contribution in [2.45, 2.75) is 38.1 Å². The van der Waals surface area contributed by atoms with Crippen LogP contribution < -0.4 is 14.7 Å². The van der Waals surface area contributed by atoms with Gasteiger partial charge in [0.1, 0.15) is 0 Å². The summed E-state index contributed by atoms with van der Waals surface area (Å²) < 4.78 is 0. The van der Waals surface area contributed by atoms with E-state index in [-0.39, 0.29) is 5.92 Å². The van der Waals surface area contributed by atoms with Gasteiger partial charge in [-0.2, -0.15) is 0 Å². The van der Waals surface area contributed by atoms with Crippen molar-refractivity contribution in [2.75, 3.05) is 47.9 Å². The van der Waals surface area contributed by atoms with E-state index < -0.39 is 0 Å². The zero-order chi connectivity index (χ0) is 25.7. The van der Waals surface area contributed by atoms with E-state index in [2.05, 4.69) is 125 Å². The molecule has 2 heterocycles. The van der Waals surface area contributed by atoms with Gasteiger partial charge in [0, 0.05) is 62.8 Å². The van der Waals surface area contributed by atoms with Crippen LogP contribution >= 0.6 is 0 Å². The summed E-state index contributed by atoms with van der Waals surface area (Å²) in [6, 6.07) is 38.6. The van der Waals surface area contributed by atoms with E-state index in [1.54, 1.807) is 0 Å². The van der Waals surface area contributed by atoms with Gasteiger partial charge < -0.3 is 14.7 Å². The largest absolute Gasteiger partial charge is 0.372 e. The van der Waals surface area contributed by atoms with Gasteiger partial charge in [-0.3, -0.25) is 0 Å². The van der Waals surface area contributed by atoms with Crippen molar-refractivity contribution in [3.63, 3.8) is 0 Å². The second-order valence-corrected chi connectivity index (χ2v) is 10.9. The maximum atomic E-state index is 2.51. The van der Waals surface area contributed by atoms with Crippen molar-refractivity contribution in [1.82, 2.24) is 0 Å². The molecule has 0 aliphatic carbocycles. The van der Waals surface area contributed by atoms with E-state index in [9.17, 15) is 0 Å². The fraction of sp³-hybridized carbons (Fsp3) is 0.314. The van der Waals surface area contributed by atoms with Crippen LogP contribution in [0.3, 0.4) is 0 Å². The monoisotopic (exact) mass is 501 g/mol. The third kappa shape index (κ3) is 5.43. The number of anilines is 3. The van der Waals surface area contributed by atoms with Gasteiger partial charge >= 0.3 is 0 Å². The molecule has 6 rings (SSSR count). The predicted molar refractivity (Wildman–Crippen MR) is 162 cm³/mol. The lowest BCUT2D eigenvalue weighted by Gasteiger charge is -2.24. The first-order valence-corrected chi connectivity index (χ1v) is 14.3. The van der Waals surface area contributed by atoms with E-state index in [1.807, 2.05) is 0 Å². The minimum atomic E-state index is 0.212. The molecule has 0 radical (unpaired) electrons. The van der Waals surface area contributed by atoms with Gasteiger partial charge in [0.15, 0.2) is 0 Å². The Bertz CT molecular complexity index is 1220. The van der Waals surface area contributed by atoms with Crippen LogP contribution in [-0.2, 0) is 6.54 Å². The number of nitrogens with zero attached hydrogens (tertiary/aromatic N) is 3. The van der Waals surface area contributed by atoms with Crippen LogP contribution in [0.4, 0.5) is 17.1 Å². The van der Waals surface area contributed by atoms with Crippen molar-refractivity contribution in [2.24, 2.45) is 0 Å². The molecule has 0 N–H and O–H groups in total. The SMILES string of the molecule is CN(Cc1ccccc1)c1ccc(C(c2ccc(N3CCCC3)cc2)c2ccc(N3CCCC3)cc2)cc1. The van der Waals surface area contributed by atoms with Crippen LogP contribution in [0.2, 0.25) is 0 Å². The maximum Gasteiger partial charge on any atom is 0.0426 e. The molecule has 3 heteroatoms. The highest BCUT2D eigenvalue weighted by Gasteiger charge is 2.20. The molecule has 4 aromatic rings. The number of rotatable bonds is 8. The van der Waals surface area contributed by atoms with Gasteiger partial charge in [-0.15, -0.1) is 0 Å². The van der Waals surface area contributed by atoms with Gasteiger partial charge in [-0.25, -0.2) is 0 Å². The number of hydrogen-bond donors (Lipinski definition) is 0. The summed E-state index contributed by atoms with van der Waals surface area (Å²) in [4.78, 5) is 7.35. The average Bonchev–Trinajstić information content (AvgIpc) is 3.71. The lowest BCUT2D eigenvalue weighted by molar-refractivity contribution is 0.917. The predicted octanol–water partition coefficient (Wildman–Crippen LogP) is 7.70. The Morgan fingerprint density at radius 2 is 0.974 bits per heavy atom. The van der Waals surface area contributed by atoms with Gasteiger partial charge in [0.25, 0.3) is 0 Å². The minimum Gasteiger partial charge on any atom is -0.372 e. The van der Waals surface area contributed by atoms with Crippen molar-refractivity contribution in [3.8, 4) is 0 Å². The summed E-state index contributed by atoms with van der Waals surface area (Å²) in [5.41, 5.74) is 9.32. The van der Waals surface area contributed by atoms with E-state index >= 15 is 0 Å². The standard InChI is InChI=1S/C35H39N3/c1-36(27-28-9-3-2-4-10-28)32-17-11-29(12-18-32)35(30-13-19-33(20-14-30)37-23-5-6-24-37)31-15-21-34(22-16-31)38-25-7-8-26-38/h2-4,9-22,35H,5-8,23-27H2,1H3. The second kappa shape index (κ2) is 11.3. The molecule has 0 spiro atoms. The Balaban J connectivity index is 1.28. The molecule has 2 saturated heterocycles. The summed E-state index contributed by atoms with van der Waals surface area (Å²) >= 11 is 0. The molecule has 2 aliphatic heterocycles. The van der Waals surface area contributed by atoms with Crippen LogP contribution in [0.25, 0.3) is 0 Å². The molecule has 38 heavy (non-hydrogen) atoms. The lowest BCUT2D eigenvalue weighted by atomic mass is 9.85. The molecule has 3 nitrogen and oxygen atoms in total. The second-order valence-electron chi connectivity index (χ2n) is 10.9. The average molecular weight is 502 g/mol. The molecule has 4 aromatic carbocycles. The van der Waals surface area contributed by atoms with E-state index in [0.29, 0.717) is 0 Å². The Kier molecular flexibility index (Phi) is 7.35. The van der Waals surface area contributed by atoms with Crippen LogP contribution in [0.15, 0.2) is 103 Å². The van der Waals surface area contributed by atoms with Crippen molar-refractivity contribution >= 4 is 17.1 Å². The molecular formula is C35H39N3. The van der Waals surface area contributed by atoms with Crippen LogP contribution in [0, 0.1) is 0 Å². The highest BCUT2D eigenvalue weighted by molar-refractivity contribution is 5.56. The van der Waals surface area contributed by atoms with E-state index in [0.717, 1.165) is 6.54 Å². The molecule has 0 bridgehead atoms. The van der Waals surface area contributed by atoms with Crippen molar-refractivity contribution in [1.29, 1.82) is 0 Å². The molecular weight excluding hydrogens is 462 g/mol. The first-order chi connectivity index (χ1) is 18.7. The summed E-state index contributed by atoms with van der Waals surface area (Å²) in [7, 11) is 2.17. The number of benzene rings is 4. The summed E-state index contributed by atoms with van der Waals surface area (Å²) in [6.07, 6.45) is 5.22. The lowest BCUT2D eigenvalue weighted by Crippen LogP contribution is -2.18. The van der Waals surface area contributed by atoms with Gasteiger partial charge in [-0.1, -0.05) is 66.7 Å². The smallest absolute Gasteiger partial charge is 0.0426 e. The fourth-order valence-corrected chi connectivity index (χ4v) is 6.15. The van der Waals surface area contributed by atoms with Crippen molar-refractivity contribution in [3.05, 3.63) is 125 Å². The van der Waals surface area contributed by atoms with Crippen LogP contribution in [0.1, 0.15) is 53.9 Å². The van der Waals surface area contributed by atoms with Gasteiger partial charge in [0.05, 0.1) is 0 Å². The molecule has 0 amide bonds. The molecule has 2 aliphatic rings. The maximum absolute atomic E-state index is 2.51. The molecule has 0 unspecified atom stereocenters. The van der Waals surface area contributed by atoms with Crippen LogP contribution in [0.5, 0.6) is 0 Å². The highest BCUT2D eigenvalue weighted by Crippen LogP contribution is 2.35. The van der Waals surface area contributed by atoms with Crippen molar-refractivity contribution < 1.29 is 0 Å². The topological polar surface area (TPSA) is 9.72 Å². The fourth-order valence-electron chi connectivity index (χ4n) is 6.15. The Hall–Kier alpha value is -3.72. The Morgan fingerprint density at radius 1 is 0.553 bits per heavy atom. The van der Waals surface area contributed by atoms with Crippen LogP contribution in [-0.4, -0.2) is 33.2 Å². The molecule has 194 valence electrons. The first-order valence-electron chi connectivity index (χ1n) is 14.3. The van der Waals surface area contributed by atoms with E-state index in [1.165, 1.54) is 91.2 Å². The Morgan fingerprint density at radius 3 is 1.42 bits per heavy atom. The summed E-state index contributed by atoms with van der Waals surface area (Å²) in [5, 5.41) is 0. The normalized spacial score (nSPS) is 15.4. The zero-order valence-electron chi connectivity index (χ0n) is 22.6. The quantitative estimate of drug-likeness (QED) is 0.229.